The number of rotatable bonds is 5. The van der Waals surface area contributed by atoms with Crippen molar-refractivity contribution in [3.05, 3.63) is 89.7 Å². The minimum atomic E-state index is 0.0647. The molecule has 0 saturated carbocycles. The molecule has 2 aromatic carbocycles. The number of aromatic nitrogens is 2. The van der Waals surface area contributed by atoms with Gasteiger partial charge in [-0.1, -0.05) is 47.4 Å². The number of thiazole rings is 2. The summed E-state index contributed by atoms with van der Waals surface area (Å²) >= 11 is 4.89. The summed E-state index contributed by atoms with van der Waals surface area (Å²) in [6.45, 7) is 5.61. The smallest absolute Gasteiger partial charge is 0.271 e. The maximum atomic E-state index is 13.4. The molecule has 0 unspecified atom stereocenters. The number of ether oxygens (including phenoxy) is 1. The van der Waals surface area contributed by atoms with Gasteiger partial charge in [0, 0.05) is 24.1 Å². The molecule has 0 bridgehead atoms. The average Bonchev–Trinajstić information content (AvgIpc) is 3.51. The molecule has 0 amide bonds. The molecule has 8 heteroatoms. The van der Waals surface area contributed by atoms with E-state index in [4.69, 9.17) is 4.74 Å². The first-order valence-corrected chi connectivity index (χ1v) is 13.6. The Hall–Kier alpha value is -2.81. The predicted molar refractivity (Wildman–Crippen MR) is 143 cm³/mol. The van der Waals surface area contributed by atoms with Crippen molar-refractivity contribution in [3.8, 4) is 5.75 Å². The number of thioether (sulfide) groups is 1. The molecule has 4 aromatic rings. The second-order valence-electron chi connectivity index (χ2n) is 8.06. The van der Waals surface area contributed by atoms with Gasteiger partial charge in [-0.3, -0.25) is 9.36 Å². The van der Waals surface area contributed by atoms with Gasteiger partial charge in [0.2, 0.25) is 0 Å². The maximum absolute atomic E-state index is 13.4. The Morgan fingerprint density at radius 3 is 2.76 bits per heavy atom. The average molecular weight is 509 g/mol. The largest absolute Gasteiger partial charge is 0.497 e. The highest BCUT2D eigenvalue weighted by Gasteiger charge is 2.25. The zero-order valence-electron chi connectivity index (χ0n) is 19.6. The topological polar surface area (TPSA) is 38.4 Å². The Kier molecular flexibility index (Phi) is 6.38. The molecule has 1 aliphatic rings. The van der Waals surface area contributed by atoms with Crippen molar-refractivity contribution in [2.75, 3.05) is 19.1 Å². The van der Waals surface area contributed by atoms with Crippen molar-refractivity contribution in [1.29, 1.82) is 0 Å². The van der Waals surface area contributed by atoms with Crippen LogP contribution in [0.1, 0.15) is 23.1 Å². The van der Waals surface area contributed by atoms with Crippen LogP contribution in [0.15, 0.2) is 63.7 Å². The summed E-state index contributed by atoms with van der Waals surface area (Å²) in [5, 5.41) is 4.20. The quantitative estimate of drug-likeness (QED) is 0.385. The maximum Gasteiger partial charge on any atom is 0.271 e. The van der Waals surface area contributed by atoms with E-state index in [-0.39, 0.29) is 5.56 Å². The third-order valence-electron chi connectivity index (χ3n) is 6.02. The van der Waals surface area contributed by atoms with Crippen molar-refractivity contribution in [3.63, 3.8) is 0 Å². The van der Waals surface area contributed by atoms with E-state index in [9.17, 15) is 4.79 Å². The van der Waals surface area contributed by atoms with Crippen LogP contribution < -0.4 is 29.0 Å². The van der Waals surface area contributed by atoms with Crippen molar-refractivity contribution in [1.82, 2.24) is 4.57 Å². The van der Waals surface area contributed by atoms with Crippen LogP contribution >= 0.6 is 34.4 Å². The van der Waals surface area contributed by atoms with Gasteiger partial charge in [-0.15, -0.1) is 11.3 Å². The lowest BCUT2D eigenvalue weighted by molar-refractivity contribution is -0.685. The van der Waals surface area contributed by atoms with E-state index < -0.39 is 0 Å². The summed E-state index contributed by atoms with van der Waals surface area (Å²) in [6, 6.07) is 14.5. The number of hydrogen-bond acceptors (Lipinski definition) is 6. The molecule has 3 heterocycles. The van der Waals surface area contributed by atoms with Gasteiger partial charge in [0.05, 0.1) is 24.3 Å². The lowest BCUT2D eigenvalue weighted by Crippen LogP contribution is -2.36. The Balaban J connectivity index is 1.60. The van der Waals surface area contributed by atoms with Gasteiger partial charge >= 0.3 is 0 Å². The monoisotopic (exact) mass is 508 g/mol. The van der Waals surface area contributed by atoms with Crippen molar-refractivity contribution in [2.45, 2.75) is 31.8 Å². The summed E-state index contributed by atoms with van der Waals surface area (Å²) in [7, 11) is 3.70. The van der Waals surface area contributed by atoms with Gasteiger partial charge in [0.1, 0.15) is 20.0 Å². The Morgan fingerprint density at radius 2 is 2.00 bits per heavy atom. The van der Waals surface area contributed by atoms with E-state index in [1.165, 1.54) is 11.1 Å². The molecule has 0 atom stereocenters. The zero-order chi connectivity index (χ0) is 23.8. The highest BCUT2D eigenvalue weighted by Crippen LogP contribution is 2.46. The summed E-state index contributed by atoms with van der Waals surface area (Å²) in [5.74, 6) is 0.822. The number of hydrogen-bond donors (Lipinski definition) is 0. The fourth-order valence-electron chi connectivity index (χ4n) is 4.07. The first kappa shape index (κ1) is 23.0. The normalized spacial score (nSPS) is 15.2. The van der Waals surface area contributed by atoms with Crippen LogP contribution in [0.3, 0.4) is 0 Å². The highest BCUT2D eigenvalue weighted by molar-refractivity contribution is 8.08. The number of aryl methyl sites for hydroxylation is 1. The van der Waals surface area contributed by atoms with Crippen molar-refractivity contribution >= 4 is 51.2 Å². The number of anilines is 1. The standard InChI is InChI=1S/C26H26N3O2S3/c1-5-29-23(15-22-28(12-13-32-22)16-18-9-7-6-8-17(18)2)34-24(25(29)30)26-27(3)20-11-10-19(31-4)14-21(20)33-26/h6-15H,5,16H2,1-4H3/q+1/b26-24+. The van der Waals surface area contributed by atoms with E-state index in [2.05, 4.69) is 58.3 Å². The number of methoxy groups -OCH3 is 1. The second kappa shape index (κ2) is 9.44. The van der Waals surface area contributed by atoms with Gasteiger partial charge in [-0.2, -0.15) is 4.57 Å². The van der Waals surface area contributed by atoms with E-state index in [1.54, 1.807) is 41.5 Å². The molecule has 174 valence electrons. The second-order valence-corrected chi connectivity index (χ2v) is 11.0. The molecule has 2 aromatic heterocycles. The third kappa shape index (κ3) is 4.10. The molecule has 5 nitrogen and oxygen atoms in total. The summed E-state index contributed by atoms with van der Waals surface area (Å²) in [4.78, 5) is 16.7. The molecule has 0 spiro atoms. The summed E-state index contributed by atoms with van der Waals surface area (Å²) in [5.41, 5.74) is 3.74. The molecule has 5 rings (SSSR count). The van der Waals surface area contributed by atoms with Gasteiger partial charge in [-0.05, 0) is 37.6 Å². The number of benzene rings is 2. The lowest BCUT2D eigenvalue weighted by atomic mass is 10.1. The fraction of sp³-hybridized carbons (Fsp3) is 0.231. The molecule has 0 aliphatic carbocycles. The molecule has 0 fully saturated rings. The van der Waals surface area contributed by atoms with E-state index >= 15 is 0 Å². The van der Waals surface area contributed by atoms with Crippen LogP contribution in [0.25, 0.3) is 11.1 Å². The fourth-order valence-corrected chi connectivity index (χ4v) is 7.41. The molecule has 1 aliphatic heterocycles. The minimum Gasteiger partial charge on any atom is -0.497 e. The molecule has 0 saturated heterocycles. The minimum absolute atomic E-state index is 0.0647. The van der Waals surface area contributed by atoms with Crippen LogP contribution in [0.4, 0.5) is 5.69 Å². The van der Waals surface area contributed by atoms with Crippen LogP contribution in [-0.4, -0.2) is 18.7 Å². The number of fused-ring (bicyclic) bond motifs is 1. The van der Waals surface area contributed by atoms with Crippen LogP contribution in [0.2, 0.25) is 0 Å². The Morgan fingerprint density at radius 1 is 1.18 bits per heavy atom. The van der Waals surface area contributed by atoms with E-state index in [1.807, 2.05) is 36.7 Å². The van der Waals surface area contributed by atoms with Crippen molar-refractivity contribution < 1.29 is 9.30 Å². The molecule has 34 heavy (non-hydrogen) atoms. The summed E-state index contributed by atoms with van der Waals surface area (Å²) < 4.78 is 11.3. The molecular formula is C26H26N3O2S3+. The van der Waals surface area contributed by atoms with Crippen molar-refractivity contribution in [2.24, 2.45) is 0 Å². The van der Waals surface area contributed by atoms with Gasteiger partial charge in [0.15, 0.2) is 12.7 Å². The Bertz CT molecular complexity index is 1550. The molecular weight excluding hydrogens is 483 g/mol. The molecule has 0 radical (unpaired) electrons. The van der Waals surface area contributed by atoms with Crippen LogP contribution in [0, 0.1) is 6.92 Å². The van der Waals surface area contributed by atoms with Gasteiger partial charge < -0.3 is 9.64 Å². The highest BCUT2D eigenvalue weighted by atomic mass is 32.2. The third-order valence-corrected chi connectivity index (χ3v) is 9.34. The number of nitrogens with zero attached hydrogens (tertiary/aromatic N) is 3. The van der Waals surface area contributed by atoms with Crippen LogP contribution in [0.5, 0.6) is 5.75 Å². The summed E-state index contributed by atoms with van der Waals surface area (Å²) in [6.07, 6.45) is 4.27. The lowest BCUT2D eigenvalue weighted by Gasteiger charge is -2.12. The first-order chi connectivity index (χ1) is 16.5. The SMILES string of the molecule is CCn1c(=O)/c(=C2\Sc3cc(OC)ccc3N2C)s/c1=C\c1scc[n+]1Cc1ccccc1C. The molecule has 0 N–H and O–H groups in total. The van der Waals surface area contributed by atoms with E-state index in [0.717, 1.165) is 42.1 Å². The van der Waals surface area contributed by atoms with Gasteiger partial charge in [0.25, 0.3) is 10.6 Å². The zero-order valence-corrected chi connectivity index (χ0v) is 22.0. The van der Waals surface area contributed by atoms with E-state index in [0.29, 0.717) is 6.54 Å². The van der Waals surface area contributed by atoms with Crippen LogP contribution in [-0.2, 0) is 13.1 Å². The predicted octanol–water partition coefficient (Wildman–Crippen LogP) is 3.78. The first-order valence-electron chi connectivity index (χ1n) is 11.1. The Labute approximate surface area is 210 Å². The van der Waals surface area contributed by atoms with Gasteiger partial charge in [-0.25, -0.2) is 0 Å².